The van der Waals surface area contributed by atoms with Crippen LogP contribution in [0.25, 0.3) is 0 Å². The van der Waals surface area contributed by atoms with Crippen LogP contribution in [0.5, 0.6) is 0 Å². The van der Waals surface area contributed by atoms with Gasteiger partial charge in [-0.15, -0.1) is 17.7 Å². The van der Waals surface area contributed by atoms with Gasteiger partial charge in [0.05, 0.1) is 5.25 Å². The molecule has 0 aliphatic heterocycles. The average Bonchev–Trinajstić information content (AvgIpc) is 2.06. The quantitative estimate of drug-likeness (QED) is 0.492. The van der Waals surface area contributed by atoms with E-state index in [9.17, 15) is 0 Å². The van der Waals surface area contributed by atoms with E-state index in [0.717, 1.165) is 0 Å². The van der Waals surface area contributed by atoms with Crippen LogP contribution in [0.4, 0.5) is 0 Å². The molecule has 1 rings (SSSR count). The van der Waals surface area contributed by atoms with Crippen molar-refractivity contribution in [3.8, 4) is 11.8 Å². The highest BCUT2D eigenvalue weighted by Crippen LogP contribution is 2.21. The first-order valence-corrected chi connectivity index (χ1v) is 4.85. The Labute approximate surface area is 78.4 Å². The molecule has 0 spiro atoms. The molecule has 1 unspecified atom stereocenters. The van der Waals surface area contributed by atoms with E-state index in [1.807, 2.05) is 13.0 Å². The minimum atomic E-state index is 0.386. The zero-order valence-corrected chi connectivity index (χ0v) is 8.19. The molecule has 1 heteroatoms. The molecule has 62 valence electrons. The smallest absolute Gasteiger partial charge is 0.0676 e. The van der Waals surface area contributed by atoms with Gasteiger partial charge >= 0.3 is 0 Å². The van der Waals surface area contributed by atoms with Gasteiger partial charge in [0.1, 0.15) is 0 Å². The Morgan fingerprint density at radius 2 is 1.92 bits per heavy atom. The standard InChI is InChI=1S/C11H12S/c1-3-7-10(2)12-11-8-5-4-6-9-11/h4-6,8-10H,1-2H3. The third kappa shape index (κ3) is 3.02. The summed E-state index contributed by atoms with van der Waals surface area (Å²) in [6.45, 7) is 4.00. The van der Waals surface area contributed by atoms with Crippen LogP contribution in [-0.4, -0.2) is 5.25 Å². The molecule has 0 saturated carbocycles. The second-order valence-electron chi connectivity index (χ2n) is 2.47. The fourth-order valence-electron chi connectivity index (χ4n) is 0.936. The monoisotopic (exact) mass is 176 g/mol. The van der Waals surface area contributed by atoms with Crippen molar-refractivity contribution in [1.82, 2.24) is 0 Å². The van der Waals surface area contributed by atoms with Gasteiger partial charge in [-0.3, -0.25) is 0 Å². The molecular weight excluding hydrogens is 164 g/mol. The number of rotatable bonds is 2. The molecule has 1 aromatic rings. The molecule has 0 aromatic heterocycles. The summed E-state index contributed by atoms with van der Waals surface area (Å²) in [5, 5.41) is 0.386. The maximum Gasteiger partial charge on any atom is 0.0676 e. The summed E-state index contributed by atoms with van der Waals surface area (Å²) in [7, 11) is 0. The van der Waals surface area contributed by atoms with Gasteiger partial charge in [-0.25, -0.2) is 0 Å². The molecule has 0 heterocycles. The Morgan fingerprint density at radius 3 is 2.50 bits per heavy atom. The number of hydrogen-bond donors (Lipinski definition) is 0. The van der Waals surface area contributed by atoms with Crippen LogP contribution in [-0.2, 0) is 0 Å². The SMILES string of the molecule is CC#CC(C)Sc1ccccc1. The van der Waals surface area contributed by atoms with E-state index in [1.54, 1.807) is 11.8 Å². The highest BCUT2D eigenvalue weighted by molar-refractivity contribution is 8.00. The van der Waals surface area contributed by atoms with Crippen molar-refractivity contribution in [2.45, 2.75) is 24.0 Å². The molecule has 1 aromatic carbocycles. The highest BCUT2D eigenvalue weighted by atomic mass is 32.2. The van der Waals surface area contributed by atoms with Crippen LogP contribution >= 0.6 is 11.8 Å². The summed E-state index contributed by atoms with van der Waals surface area (Å²) in [4.78, 5) is 1.28. The second-order valence-corrected chi connectivity index (χ2v) is 3.88. The minimum Gasteiger partial charge on any atom is -0.110 e. The fraction of sp³-hybridized carbons (Fsp3) is 0.273. The van der Waals surface area contributed by atoms with E-state index < -0.39 is 0 Å². The Hall–Kier alpha value is -0.870. The van der Waals surface area contributed by atoms with Crippen LogP contribution in [0.2, 0.25) is 0 Å². The maximum absolute atomic E-state index is 3.11. The van der Waals surface area contributed by atoms with Crippen molar-refractivity contribution >= 4 is 11.8 Å². The van der Waals surface area contributed by atoms with Crippen molar-refractivity contribution < 1.29 is 0 Å². The number of thioether (sulfide) groups is 1. The molecule has 0 nitrogen and oxygen atoms in total. The van der Waals surface area contributed by atoms with Crippen LogP contribution in [0.3, 0.4) is 0 Å². The molecule has 12 heavy (non-hydrogen) atoms. The molecule has 0 amide bonds. The third-order valence-electron chi connectivity index (χ3n) is 1.40. The normalized spacial score (nSPS) is 11.5. The lowest BCUT2D eigenvalue weighted by atomic mass is 10.4. The number of hydrogen-bond acceptors (Lipinski definition) is 1. The predicted octanol–water partition coefficient (Wildman–Crippen LogP) is 3.19. The van der Waals surface area contributed by atoms with E-state index in [-0.39, 0.29) is 0 Å². The molecule has 0 N–H and O–H groups in total. The third-order valence-corrected chi connectivity index (χ3v) is 2.42. The van der Waals surface area contributed by atoms with E-state index in [1.165, 1.54) is 4.90 Å². The fourth-order valence-corrected chi connectivity index (χ4v) is 1.84. The van der Waals surface area contributed by atoms with Gasteiger partial charge in [0.2, 0.25) is 0 Å². The van der Waals surface area contributed by atoms with Gasteiger partial charge in [0.25, 0.3) is 0 Å². The molecular formula is C11H12S. The van der Waals surface area contributed by atoms with Crippen LogP contribution in [0.15, 0.2) is 35.2 Å². The van der Waals surface area contributed by atoms with E-state index >= 15 is 0 Å². The van der Waals surface area contributed by atoms with Gasteiger partial charge in [0.15, 0.2) is 0 Å². The first-order valence-electron chi connectivity index (χ1n) is 3.97. The summed E-state index contributed by atoms with van der Waals surface area (Å²) in [5.41, 5.74) is 0. The van der Waals surface area contributed by atoms with Crippen molar-refractivity contribution in [3.05, 3.63) is 30.3 Å². The molecule has 0 aliphatic rings. The molecule has 0 fully saturated rings. The van der Waals surface area contributed by atoms with Gasteiger partial charge in [-0.1, -0.05) is 24.1 Å². The van der Waals surface area contributed by atoms with Gasteiger partial charge in [-0.05, 0) is 26.0 Å². The van der Waals surface area contributed by atoms with E-state index in [0.29, 0.717) is 5.25 Å². The van der Waals surface area contributed by atoms with Crippen molar-refractivity contribution in [2.24, 2.45) is 0 Å². The van der Waals surface area contributed by atoms with Crippen molar-refractivity contribution in [2.75, 3.05) is 0 Å². The lowest BCUT2D eigenvalue weighted by molar-refractivity contribution is 1.28. The summed E-state index contributed by atoms with van der Waals surface area (Å²) < 4.78 is 0. The Balaban J connectivity index is 2.56. The average molecular weight is 176 g/mol. The summed E-state index contributed by atoms with van der Waals surface area (Å²) in [6.07, 6.45) is 0. The Kier molecular flexibility index (Phi) is 3.76. The van der Waals surface area contributed by atoms with Crippen LogP contribution in [0, 0.1) is 11.8 Å². The topological polar surface area (TPSA) is 0 Å². The summed E-state index contributed by atoms with van der Waals surface area (Å²) in [5.74, 6) is 6.02. The molecule has 0 radical (unpaired) electrons. The predicted molar refractivity (Wildman–Crippen MR) is 55.2 cm³/mol. The zero-order chi connectivity index (χ0) is 8.81. The molecule has 0 aliphatic carbocycles. The number of benzene rings is 1. The van der Waals surface area contributed by atoms with Crippen LogP contribution < -0.4 is 0 Å². The van der Waals surface area contributed by atoms with E-state index in [2.05, 4.69) is 43.0 Å². The summed E-state index contributed by atoms with van der Waals surface area (Å²) in [6, 6.07) is 10.3. The Bertz CT molecular complexity index is 279. The first kappa shape index (κ1) is 9.22. The second kappa shape index (κ2) is 4.90. The van der Waals surface area contributed by atoms with Crippen molar-refractivity contribution in [3.63, 3.8) is 0 Å². The van der Waals surface area contributed by atoms with Gasteiger partial charge < -0.3 is 0 Å². The first-order chi connectivity index (χ1) is 5.83. The largest absolute Gasteiger partial charge is 0.110 e. The Morgan fingerprint density at radius 1 is 1.25 bits per heavy atom. The molecule has 1 atom stereocenters. The minimum absolute atomic E-state index is 0.386. The summed E-state index contributed by atoms with van der Waals surface area (Å²) >= 11 is 1.79. The van der Waals surface area contributed by atoms with Crippen LogP contribution in [0.1, 0.15) is 13.8 Å². The van der Waals surface area contributed by atoms with E-state index in [4.69, 9.17) is 0 Å². The van der Waals surface area contributed by atoms with Crippen molar-refractivity contribution in [1.29, 1.82) is 0 Å². The highest BCUT2D eigenvalue weighted by Gasteiger charge is 1.97. The maximum atomic E-state index is 3.11. The van der Waals surface area contributed by atoms with Gasteiger partial charge in [-0.2, -0.15) is 0 Å². The van der Waals surface area contributed by atoms with Gasteiger partial charge in [0, 0.05) is 4.90 Å². The zero-order valence-electron chi connectivity index (χ0n) is 7.37. The molecule has 0 saturated heterocycles. The molecule has 0 bridgehead atoms. The lowest BCUT2D eigenvalue weighted by Crippen LogP contribution is -1.89. The lowest BCUT2D eigenvalue weighted by Gasteiger charge is -2.02.